The van der Waals surface area contributed by atoms with Crippen LogP contribution >= 0.6 is 15.9 Å². The molecule has 0 bridgehead atoms. The van der Waals surface area contributed by atoms with Gasteiger partial charge in [-0.2, -0.15) is 0 Å². The zero-order chi connectivity index (χ0) is 9.84. The van der Waals surface area contributed by atoms with Gasteiger partial charge in [0, 0.05) is 10.9 Å². The van der Waals surface area contributed by atoms with Crippen LogP contribution in [0.15, 0.2) is 27.8 Å². The van der Waals surface area contributed by atoms with Gasteiger partial charge in [0.1, 0.15) is 5.84 Å². The Labute approximate surface area is 85.4 Å². The summed E-state index contributed by atoms with van der Waals surface area (Å²) in [6.45, 7) is 1.99. The Kier molecular flexibility index (Phi) is 3.31. The van der Waals surface area contributed by atoms with Crippen LogP contribution in [0.25, 0.3) is 0 Å². The van der Waals surface area contributed by atoms with E-state index in [1.54, 1.807) is 0 Å². The Morgan fingerprint density at radius 2 is 2.31 bits per heavy atom. The summed E-state index contributed by atoms with van der Waals surface area (Å²) < 4.78 is 0.999. The van der Waals surface area contributed by atoms with Gasteiger partial charge in [-0.15, -0.1) is 0 Å². The van der Waals surface area contributed by atoms with Gasteiger partial charge >= 0.3 is 0 Å². The Hall–Kier alpha value is -1.03. The van der Waals surface area contributed by atoms with Crippen molar-refractivity contribution in [2.45, 2.75) is 13.3 Å². The second kappa shape index (κ2) is 4.28. The molecule has 0 radical (unpaired) electrons. The molecule has 0 fully saturated rings. The molecule has 1 aromatic rings. The lowest BCUT2D eigenvalue weighted by atomic mass is 10.1. The molecule has 0 atom stereocenters. The normalized spacial score (nSPS) is 11.7. The van der Waals surface area contributed by atoms with Crippen molar-refractivity contribution in [3.05, 3.63) is 33.8 Å². The third-order valence-corrected chi connectivity index (χ3v) is 2.30. The Morgan fingerprint density at radius 3 is 2.92 bits per heavy atom. The minimum Gasteiger partial charge on any atom is -0.409 e. The molecule has 0 aliphatic carbocycles. The predicted octanol–water partition coefficient (Wildman–Crippen LogP) is 2.05. The number of benzene rings is 1. The molecule has 0 aromatic heterocycles. The Bertz CT molecular complexity index is 336. The summed E-state index contributed by atoms with van der Waals surface area (Å²) in [6, 6.07) is 5.92. The molecule has 0 amide bonds. The summed E-state index contributed by atoms with van der Waals surface area (Å²) in [6.07, 6.45) is 0.474. The molecule has 4 heteroatoms. The van der Waals surface area contributed by atoms with Crippen molar-refractivity contribution in [3.8, 4) is 0 Å². The number of aryl methyl sites for hydroxylation is 1. The molecule has 1 aromatic carbocycles. The molecule has 0 aliphatic rings. The molecule has 0 heterocycles. The van der Waals surface area contributed by atoms with Gasteiger partial charge in [0.15, 0.2) is 0 Å². The number of hydrogen-bond donors (Lipinski definition) is 2. The Balaban J connectivity index is 2.94. The first kappa shape index (κ1) is 10.1. The van der Waals surface area contributed by atoms with E-state index in [0.717, 1.165) is 15.6 Å². The van der Waals surface area contributed by atoms with Gasteiger partial charge in [0.05, 0.1) is 0 Å². The fourth-order valence-corrected chi connectivity index (χ4v) is 1.47. The third kappa shape index (κ3) is 2.73. The highest BCUT2D eigenvalue weighted by molar-refractivity contribution is 9.10. The molecule has 3 N–H and O–H groups in total. The topological polar surface area (TPSA) is 58.6 Å². The smallest absolute Gasteiger partial charge is 0.143 e. The monoisotopic (exact) mass is 242 g/mol. The van der Waals surface area contributed by atoms with Gasteiger partial charge < -0.3 is 10.9 Å². The largest absolute Gasteiger partial charge is 0.409 e. The summed E-state index contributed by atoms with van der Waals surface area (Å²) >= 11 is 3.36. The van der Waals surface area contributed by atoms with Crippen LogP contribution < -0.4 is 5.73 Å². The van der Waals surface area contributed by atoms with E-state index in [1.807, 2.05) is 25.1 Å². The third-order valence-electron chi connectivity index (χ3n) is 1.81. The van der Waals surface area contributed by atoms with Gasteiger partial charge in [0.25, 0.3) is 0 Å². The maximum Gasteiger partial charge on any atom is 0.143 e. The van der Waals surface area contributed by atoms with Crippen LogP contribution in [0.4, 0.5) is 0 Å². The number of amidine groups is 1. The number of hydrogen-bond acceptors (Lipinski definition) is 2. The minimum atomic E-state index is 0.223. The molecule has 13 heavy (non-hydrogen) atoms. The fraction of sp³-hybridized carbons (Fsp3) is 0.222. The summed E-state index contributed by atoms with van der Waals surface area (Å²) in [5, 5.41) is 11.3. The van der Waals surface area contributed by atoms with Crippen LogP contribution in [0, 0.1) is 6.92 Å². The lowest BCUT2D eigenvalue weighted by Gasteiger charge is -2.04. The average molecular weight is 243 g/mol. The highest BCUT2D eigenvalue weighted by Crippen LogP contribution is 2.16. The van der Waals surface area contributed by atoms with Gasteiger partial charge in [-0.1, -0.05) is 27.2 Å². The van der Waals surface area contributed by atoms with Crippen molar-refractivity contribution >= 4 is 21.8 Å². The standard InChI is InChI=1S/C9H11BrN2O/c1-6-2-3-8(10)4-7(6)5-9(11)12-13/h2-4,13H,5H2,1H3,(H2,11,12). The second-order valence-corrected chi connectivity index (χ2v) is 3.75. The minimum absolute atomic E-state index is 0.223. The van der Waals surface area contributed by atoms with Crippen molar-refractivity contribution in [3.63, 3.8) is 0 Å². The summed E-state index contributed by atoms with van der Waals surface area (Å²) in [5.74, 6) is 0.223. The van der Waals surface area contributed by atoms with Crippen LogP contribution in [-0.4, -0.2) is 11.0 Å². The van der Waals surface area contributed by atoms with Crippen LogP contribution in [0.2, 0.25) is 0 Å². The number of rotatable bonds is 2. The van der Waals surface area contributed by atoms with E-state index in [-0.39, 0.29) is 5.84 Å². The van der Waals surface area contributed by atoms with E-state index in [1.165, 1.54) is 0 Å². The van der Waals surface area contributed by atoms with E-state index < -0.39 is 0 Å². The highest BCUT2D eigenvalue weighted by Gasteiger charge is 2.01. The molecular formula is C9H11BrN2O. The molecule has 0 unspecified atom stereocenters. The second-order valence-electron chi connectivity index (χ2n) is 2.84. The summed E-state index contributed by atoms with van der Waals surface area (Å²) in [5.41, 5.74) is 7.60. The number of oxime groups is 1. The number of nitrogens with zero attached hydrogens (tertiary/aromatic N) is 1. The number of nitrogens with two attached hydrogens (primary N) is 1. The maximum absolute atomic E-state index is 8.41. The zero-order valence-electron chi connectivity index (χ0n) is 7.29. The van der Waals surface area contributed by atoms with Gasteiger partial charge in [0.2, 0.25) is 0 Å². The van der Waals surface area contributed by atoms with Crippen LogP contribution in [0.3, 0.4) is 0 Å². The van der Waals surface area contributed by atoms with Gasteiger partial charge in [-0.3, -0.25) is 0 Å². The summed E-state index contributed by atoms with van der Waals surface area (Å²) in [7, 11) is 0. The number of halogens is 1. The fourth-order valence-electron chi connectivity index (χ4n) is 1.06. The molecule has 70 valence electrons. The van der Waals surface area contributed by atoms with E-state index in [4.69, 9.17) is 10.9 Å². The van der Waals surface area contributed by atoms with Crippen molar-refractivity contribution < 1.29 is 5.21 Å². The molecule has 1 rings (SSSR count). The first-order chi connectivity index (χ1) is 6.13. The first-order valence-corrected chi connectivity index (χ1v) is 4.64. The van der Waals surface area contributed by atoms with Crippen molar-refractivity contribution in [1.82, 2.24) is 0 Å². The van der Waals surface area contributed by atoms with E-state index >= 15 is 0 Å². The maximum atomic E-state index is 8.41. The van der Waals surface area contributed by atoms with Crippen molar-refractivity contribution in [2.75, 3.05) is 0 Å². The van der Waals surface area contributed by atoms with E-state index in [2.05, 4.69) is 21.1 Å². The van der Waals surface area contributed by atoms with Crippen LogP contribution in [0.5, 0.6) is 0 Å². The molecular weight excluding hydrogens is 232 g/mol. The van der Waals surface area contributed by atoms with Crippen LogP contribution in [0.1, 0.15) is 11.1 Å². The lowest BCUT2D eigenvalue weighted by Crippen LogP contribution is -2.15. The SMILES string of the molecule is Cc1ccc(Br)cc1C/C(N)=N/O. The lowest BCUT2D eigenvalue weighted by molar-refractivity contribution is 0.317. The summed E-state index contributed by atoms with van der Waals surface area (Å²) in [4.78, 5) is 0. The first-order valence-electron chi connectivity index (χ1n) is 3.85. The van der Waals surface area contributed by atoms with Gasteiger partial charge in [-0.25, -0.2) is 0 Å². The van der Waals surface area contributed by atoms with Crippen molar-refractivity contribution in [1.29, 1.82) is 0 Å². The van der Waals surface area contributed by atoms with Crippen molar-refractivity contribution in [2.24, 2.45) is 10.9 Å². The van der Waals surface area contributed by atoms with Gasteiger partial charge in [-0.05, 0) is 30.2 Å². The van der Waals surface area contributed by atoms with E-state index in [0.29, 0.717) is 6.42 Å². The predicted molar refractivity (Wildman–Crippen MR) is 56.0 cm³/mol. The molecule has 0 spiro atoms. The Morgan fingerprint density at radius 1 is 1.62 bits per heavy atom. The molecule has 0 saturated heterocycles. The molecule has 0 saturated carbocycles. The quantitative estimate of drug-likeness (QED) is 0.361. The van der Waals surface area contributed by atoms with E-state index in [9.17, 15) is 0 Å². The molecule has 3 nitrogen and oxygen atoms in total. The average Bonchev–Trinajstić information content (AvgIpc) is 2.11. The highest BCUT2D eigenvalue weighted by atomic mass is 79.9. The zero-order valence-corrected chi connectivity index (χ0v) is 8.87. The van der Waals surface area contributed by atoms with Crippen LogP contribution in [-0.2, 0) is 6.42 Å². The molecule has 0 aliphatic heterocycles.